The summed E-state index contributed by atoms with van der Waals surface area (Å²) in [7, 11) is 1.00. The van der Waals surface area contributed by atoms with Crippen molar-refractivity contribution >= 4 is 41.6 Å². The quantitative estimate of drug-likeness (QED) is 0.430. The third-order valence-electron chi connectivity index (χ3n) is 5.29. The van der Waals surface area contributed by atoms with Crippen LogP contribution in [0.15, 0.2) is 36.4 Å². The number of anilines is 2. The predicted molar refractivity (Wildman–Crippen MR) is 127 cm³/mol. The minimum Gasteiger partial charge on any atom is -0.465 e. The van der Waals surface area contributed by atoms with Crippen LogP contribution in [0, 0.1) is 11.3 Å². The van der Waals surface area contributed by atoms with Crippen LogP contribution >= 0.6 is 12.4 Å². The molecule has 204 valence electrons. The van der Waals surface area contributed by atoms with E-state index >= 15 is 0 Å². The van der Waals surface area contributed by atoms with Crippen LogP contribution in [0.25, 0.3) is 0 Å². The third kappa shape index (κ3) is 6.90. The van der Waals surface area contributed by atoms with Gasteiger partial charge in [-0.3, -0.25) is 9.59 Å². The van der Waals surface area contributed by atoms with Gasteiger partial charge in [-0.25, -0.2) is 4.79 Å². The van der Waals surface area contributed by atoms with Gasteiger partial charge < -0.3 is 35.3 Å². The number of carbonyl (C=O) groups is 3. The van der Waals surface area contributed by atoms with Crippen LogP contribution in [-0.4, -0.2) is 61.7 Å². The van der Waals surface area contributed by atoms with Crippen molar-refractivity contribution in [1.82, 2.24) is 0 Å². The number of rotatable bonds is 7. The van der Waals surface area contributed by atoms with Gasteiger partial charge in [0.25, 0.3) is 11.8 Å². The van der Waals surface area contributed by atoms with Crippen molar-refractivity contribution in [3.63, 3.8) is 0 Å². The molecule has 1 aliphatic rings. The van der Waals surface area contributed by atoms with Gasteiger partial charge in [0.05, 0.1) is 36.6 Å². The largest absolute Gasteiger partial charge is 0.573 e. The summed E-state index contributed by atoms with van der Waals surface area (Å²) in [4.78, 5) is 39.0. The van der Waals surface area contributed by atoms with Gasteiger partial charge in [-0.1, -0.05) is 0 Å². The summed E-state index contributed by atoms with van der Waals surface area (Å²) in [5.74, 6) is -3.69. The first-order valence-corrected chi connectivity index (χ1v) is 10.6. The first-order chi connectivity index (χ1) is 17.5. The van der Waals surface area contributed by atoms with E-state index in [4.69, 9.17) is 15.7 Å². The Morgan fingerprint density at radius 1 is 1.32 bits per heavy atom. The van der Waals surface area contributed by atoms with E-state index in [0.29, 0.717) is 11.1 Å². The molecular weight excluding hydrogens is 537 g/mol. The molecule has 2 aromatic carbocycles. The Labute approximate surface area is 220 Å². The number of ether oxygens (including phenoxy) is 3. The molecule has 3 rings (SSSR count). The van der Waals surface area contributed by atoms with Gasteiger partial charge in [-0.2, -0.15) is 5.26 Å². The molecule has 0 spiro atoms. The van der Waals surface area contributed by atoms with Gasteiger partial charge >= 0.3 is 12.3 Å². The van der Waals surface area contributed by atoms with Crippen molar-refractivity contribution in [2.24, 2.45) is 5.73 Å². The molecule has 0 bridgehead atoms. The highest BCUT2D eigenvalue weighted by Gasteiger charge is 2.41. The van der Waals surface area contributed by atoms with Gasteiger partial charge in [0, 0.05) is 18.8 Å². The lowest BCUT2D eigenvalue weighted by Crippen LogP contribution is -2.55. The minimum atomic E-state index is -5.02. The number of aliphatic hydroxyl groups is 1. The summed E-state index contributed by atoms with van der Waals surface area (Å²) in [5.41, 5.74) is 6.00. The van der Waals surface area contributed by atoms with E-state index in [1.807, 2.05) is 6.07 Å². The number of hydrogen-bond donors (Lipinski definition) is 3. The molecule has 2 aromatic rings. The molecular formula is C23H22ClF3N4O7. The number of hydrogen-bond acceptors (Lipinski definition) is 9. The van der Waals surface area contributed by atoms with Crippen LogP contribution in [0.4, 0.5) is 24.5 Å². The molecule has 1 heterocycles. The zero-order valence-electron chi connectivity index (χ0n) is 19.7. The van der Waals surface area contributed by atoms with Crippen molar-refractivity contribution in [2.45, 2.75) is 25.1 Å². The molecule has 2 atom stereocenters. The second-order valence-corrected chi connectivity index (χ2v) is 7.62. The molecule has 11 nitrogen and oxygen atoms in total. The summed E-state index contributed by atoms with van der Waals surface area (Å²) in [6, 6.07) is 8.93. The second-order valence-electron chi connectivity index (χ2n) is 7.62. The number of nitrogens with two attached hydrogens (primary N) is 1. The Morgan fingerprint density at radius 3 is 2.63 bits per heavy atom. The van der Waals surface area contributed by atoms with E-state index in [2.05, 4.69) is 14.8 Å². The summed E-state index contributed by atoms with van der Waals surface area (Å²) in [6.07, 6.45) is -8.72. The number of amides is 2. The average molecular weight is 559 g/mol. The molecule has 0 aromatic heterocycles. The fourth-order valence-corrected chi connectivity index (χ4v) is 3.60. The lowest BCUT2D eigenvalue weighted by molar-refractivity contribution is -0.274. The fourth-order valence-electron chi connectivity index (χ4n) is 3.60. The SMILES string of the molecule is COC(=O)c1cc(OC(F)(F)F)ccc1N1CCO[C@H]([C@@H](O)C(=O)Nc2ccc(C#N)c(CN)c2)C1=O.Cl. The Kier molecular flexibility index (Phi) is 10.0. The highest BCUT2D eigenvalue weighted by Crippen LogP contribution is 2.31. The molecule has 1 saturated heterocycles. The van der Waals surface area contributed by atoms with Gasteiger partial charge in [0.1, 0.15) is 5.75 Å². The lowest BCUT2D eigenvalue weighted by Gasteiger charge is -2.34. The maximum Gasteiger partial charge on any atom is 0.573 e. The monoisotopic (exact) mass is 558 g/mol. The smallest absolute Gasteiger partial charge is 0.465 e. The lowest BCUT2D eigenvalue weighted by atomic mass is 10.1. The van der Waals surface area contributed by atoms with Gasteiger partial charge in [0.15, 0.2) is 12.2 Å². The summed E-state index contributed by atoms with van der Waals surface area (Å²) >= 11 is 0. The number of esters is 1. The number of morpholine rings is 1. The predicted octanol–water partition coefficient (Wildman–Crippen LogP) is 1.86. The maximum absolute atomic E-state index is 13.1. The van der Waals surface area contributed by atoms with Crippen LogP contribution in [0.5, 0.6) is 5.75 Å². The van der Waals surface area contributed by atoms with Crippen LogP contribution in [0.1, 0.15) is 21.5 Å². The molecule has 0 aliphatic carbocycles. The van der Waals surface area contributed by atoms with Crippen LogP contribution in [0.2, 0.25) is 0 Å². The standard InChI is InChI=1S/C23H21F3N4O7.ClH/c1-35-22(34)16-9-15(37-23(24,25)26)4-5-17(16)30-6-7-36-19(21(30)33)18(31)20(32)29-14-3-2-12(10-27)13(8-14)11-28;/h2-5,8-9,18-19,31H,6-7,11,28H2,1H3,(H,29,32);1H/t18-,19-;/m1./s1. The average Bonchev–Trinajstić information content (AvgIpc) is 2.87. The van der Waals surface area contributed by atoms with Crippen molar-refractivity contribution in [2.75, 3.05) is 30.5 Å². The Morgan fingerprint density at radius 2 is 2.03 bits per heavy atom. The van der Waals surface area contributed by atoms with Crippen molar-refractivity contribution in [3.05, 3.63) is 53.1 Å². The van der Waals surface area contributed by atoms with E-state index in [1.165, 1.54) is 18.2 Å². The molecule has 2 amide bonds. The molecule has 4 N–H and O–H groups in total. The Hall–Kier alpha value is -3.90. The number of nitriles is 1. The van der Waals surface area contributed by atoms with E-state index in [9.17, 15) is 32.7 Å². The summed E-state index contributed by atoms with van der Waals surface area (Å²) < 4.78 is 51.6. The Bertz CT molecular complexity index is 1250. The topological polar surface area (TPSA) is 164 Å². The molecule has 38 heavy (non-hydrogen) atoms. The summed E-state index contributed by atoms with van der Waals surface area (Å²) in [5, 5.41) is 22.1. The zero-order valence-corrected chi connectivity index (χ0v) is 20.5. The van der Waals surface area contributed by atoms with Crippen LogP contribution < -0.4 is 20.7 Å². The Balaban J connectivity index is 0.00000507. The number of aliphatic hydroxyl groups excluding tert-OH is 1. The van der Waals surface area contributed by atoms with Gasteiger partial charge in [-0.05, 0) is 42.0 Å². The number of alkyl halides is 3. The van der Waals surface area contributed by atoms with E-state index in [1.54, 1.807) is 0 Å². The van der Waals surface area contributed by atoms with Crippen LogP contribution in [0.3, 0.4) is 0 Å². The van der Waals surface area contributed by atoms with Gasteiger partial charge in [0.2, 0.25) is 0 Å². The maximum atomic E-state index is 13.1. The zero-order chi connectivity index (χ0) is 27.3. The van der Waals surface area contributed by atoms with E-state index < -0.39 is 47.7 Å². The number of nitrogens with zero attached hydrogens (tertiary/aromatic N) is 2. The second kappa shape index (κ2) is 12.6. The normalized spacial score (nSPS) is 16.1. The first-order valence-electron chi connectivity index (χ1n) is 10.6. The number of carbonyl (C=O) groups excluding carboxylic acids is 3. The summed E-state index contributed by atoms with van der Waals surface area (Å²) in [6.45, 7) is -0.289. The van der Waals surface area contributed by atoms with E-state index in [-0.39, 0.29) is 43.5 Å². The molecule has 0 unspecified atom stereocenters. The number of nitrogens with one attached hydrogen (secondary N) is 1. The van der Waals surface area contributed by atoms with Crippen molar-refractivity contribution in [1.29, 1.82) is 5.26 Å². The van der Waals surface area contributed by atoms with Crippen molar-refractivity contribution in [3.8, 4) is 11.8 Å². The van der Waals surface area contributed by atoms with Crippen molar-refractivity contribution < 1.29 is 46.9 Å². The first kappa shape index (κ1) is 30.3. The number of benzene rings is 2. The molecule has 0 radical (unpaired) electrons. The van der Waals surface area contributed by atoms with E-state index in [0.717, 1.165) is 30.2 Å². The molecule has 1 fully saturated rings. The highest BCUT2D eigenvalue weighted by molar-refractivity contribution is 6.07. The third-order valence-corrected chi connectivity index (χ3v) is 5.29. The number of methoxy groups -OCH3 is 1. The number of halogens is 4. The molecule has 0 saturated carbocycles. The van der Waals surface area contributed by atoms with Gasteiger partial charge in [-0.15, -0.1) is 25.6 Å². The highest BCUT2D eigenvalue weighted by atomic mass is 35.5. The molecule has 1 aliphatic heterocycles. The van der Waals surface area contributed by atoms with Crippen LogP contribution in [-0.2, 0) is 25.6 Å². The minimum absolute atomic E-state index is 0. The fraction of sp³-hybridized carbons (Fsp3) is 0.304. The molecule has 15 heteroatoms.